The SMILES string of the molecule is CC(C)=CCCC(C)/C=N/N(C)C. The molecule has 0 radical (unpaired) electrons. The Morgan fingerprint density at radius 1 is 1.38 bits per heavy atom. The first kappa shape index (κ1) is 12.2. The number of nitrogens with zero attached hydrogens (tertiary/aromatic N) is 2. The third kappa shape index (κ3) is 9.12. The summed E-state index contributed by atoms with van der Waals surface area (Å²) in [5.41, 5.74) is 1.40. The minimum absolute atomic E-state index is 0.568. The van der Waals surface area contributed by atoms with Crippen molar-refractivity contribution in [2.24, 2.45) is 11.0 Å². The molecular weight excluding hydrogens is 160 g/mol. The number of hydrazone groups is 1. The van der Waals surface area contributed by atoms with Gasteiger partial charge in [0.05, 0.1) is 0 Å². The minimum atomic E-state index is 0.568. The van der Waals surface area contributed by atoms with E-state index in [-0.39, 0.29) is 0 Å². The van der Waals surface area contributed by atoms with Gasteiger partial charge in [-0.05, 0) is 32.6 Å². The highest BCUT2D eigenvalue weighted by molar-refractivity contribution is 5.59. The van der Waals surface area contributed by atoms with Gasteiger partial charge in [0.1, 0.15) is 0 Å². The van der Waals surface area contributed by atoms with Crippen molar-refractivity contribution in [2.75, 3.05) is 14.1 Å². The van der Waals surface area contributed by atoms with E-state index < -0.39 is 0 Å². The van der Waals surface area contributed by atoms with Crippen molar-refractivity contribution in [1.82, 2.24) is 5.01 Å². The highest BCUT2D eigenvalue weighted by atomic mass is 15.4. The van der Waals surface area contributed by atoms with Crippen LogP contribution in [0.3, 0.4) is 0 Å². The van der Waals surface area contributed by atoms with Crippen molar-refractivity contribution in [3.63, 3.8) is 0 Å². The van der Waals surface area contributed by atoms with Gasteiger partial charge in [-0.15, -0.1) is 0 Å². The molecule has 76 valence electrons. The van der Waals surface area contributed by atoms with E-state index >= 15 is 0 Å². The van der Waals surface area contributed by atoms with Crippen LogP contribution in [-0.2, 0) is 0 Å². The topological polar surface area (TPSA) is 15.6 Å². The molecule has 2 heteroatoms. The van der Waals surface area contributed by atoms with Crippen molar-refractivity contribution in [3.8, 4) is 0 Å². The highest BCUT2D eigenvalue weighted by Gasteiger charge is 1.95. The quantitative estimate of drug-likeness (QED) is 0.362. The lowest BCUT2D eigenvalue weighted by Crippen LogP contribution is -2.05. The van der Waals surface area contributed by atoms with Crippen LogP contribution >= 0.6 is 0 Å². The molecule has 0 heterocycles. The molecule has 0 aliphatic heterocycles. The Hall–Kier alpha value is -0.790. The lowest BCUT2D eigenvalue weighted by Gasteiger charge is -2.06. The normalized spacial score (nSPS) is 13.0. The molecule has 2 nitrogen and oxygen atoms in total. The molecule has 0 amide bonds. The summed E-state index contributed by atoms with van der Waals surface area (Å²) >= 11 is 0. The first-order valence-corrected chi connectivity index (χ1v) is 4.87. The Labute approximate surface area is 82.3 Å². The molecule has 0 rings (SSSR count). The number of rotatable bonds is 5. The van der Waals surface area contributed by atoms with Gasteiger partial charge in [-0.2, -0.15) is 5.10 Å². The second kappa shape index (κ2) is 6.70. The Bertz CT molecular complexity index is 177. The minimum Gasteiger partial charge on any atom is -0.303 e. The first-order chi connectivity index (χ1) is 6.02. The molecule has 0 aliphatic rings. The van der Waals surface area contributed by atoms with Gasteiger partial charge in [-0.1, -0.05) is 18.6 Å². The van der Waals surface area contributed by atoms with E-state index in [1.807, 2.05) is 25.3 Å². The molecule has 0 bridgehead atoms. The third-order valence-electron chi connectivity index (χ3n) is 1.73. The molecule has 0 aromatic carbocycles. The predicted molar refractivity (Wildman–Crippen MR) is 60.0 cm³/mol. The molecule has 0 saturated carbocycles. The molecule has 0 fully saturated rings. The van der Waals surface area contributed by atoms with Crippen LogP contribution in [0.1, 0.15) is 33.6 Å². The van der Waals surface area contributed by atoms with Gasteiger partial charge in [-0.3, -0.25) is 0 Å². The fraction of sp³-hybridized carbons (Fsp3) is 0.727. The van der Waals surface area contributed by atoms with Gasteiger partial charge in [-0.25, -0.2) is 0 Å². The number of allylic oxidation sites excluding steroid dienone is 2. The highest BCUT2D eigenvalue weighted by Crippen LogP contribution is 2.05. The van der Waals surface area contributed by atoms with E-state index in [4.69, 9.17) is 0 Å². The van der Waals surface area contributed by atoms with Gasteiger partial charge in [0.25, 0.3) is 0 Å². The van der Waals surface area contributed by atoms with Crippen molar-refractivity contribution >= 4 is 6.21 Å². The van der Waals surface area contributed by atoms with Crippen LogP contribution in [-0.4, -0.2) is 25.3 Å². The van der Waals surface area contributed by atoms with Gasteiger partial charge in [0, 0.05) is 20.3 Å². The van der Waals surface area contributed by atoms with Crippen LogP contribution < -0.4 is 0 Å². The Kier molecular flexibility index (Phi) is 6.29. The van der Waals surface area contributed by atoms with Crippen LogP contribution in [0.4, 0.5) is 0 Å². The van der Waals surface area contributed by atoms with Crippen LogP contribution in [0.2, 0.25) is 0 Å². The summed E-state index contributed by atoms with van der Waals surface area (Å²) in [5.74, 6) is 0.568. The van der Waals surface area contributed by atoms with Gasteiger partial charge < -0.3 is 5.01 Å². The Morgan fingerprint density at radius 2 is 2.00 bits per heavy atom. The van der Waals surface area contributed by atoms with E-state index in [2.05, 4.69) is 31.9 Å². The summed E-state index contributed by atoms with van der Waals surface area (Å²) in [5, 5.41) is 6.04. The predicted octanol–water partition coefficient (Wildman–Crippen LogP) is 2.92. The van der Waals surface area contributed by atoms with Crippen LogP contribution in [0.5, 0.6) is 0 Å². The van der Waals surface area contributed by atoms with Gasteiger partial charge >= 0.3 is 0 Å². The van der Waals surface area contributed by atoms with Crippen molar-refractivity contribution < 1.29 is 0 Å². The average Bonchev–Trinajstić information content (AvgIpc) is 2.00. The van der Waals surface area contributed by atoms with Crippen molar-refractivity contribution in [1.29, 1.82) is 0 Å². The summed E-state index contributed by atoms with van der Waals surface area (Å²) < 4.78 is 0. The smallest absolute Gasteiger partial charge is 0.0273 e. The fourth-order valence-corrected chi connectivity index (χ4v) is 0.957. The molecule has 0 N–H and O–H groups in total. The number of hydrogen-bond donors (Lipinski definition) is 0. The molecule has 13 heavy (non-hydrogen) atoms. The zero-order valence-electron chi connectivity index (χ0n) is 9.54. The summed E-state index contributed by atoms with van der Waals surface area (Å²) in [7, 11) is 3.89. The second-order valence-electron chi connectivity index (χ2n) is 3.95. The molecule has 0 aromatic rings. The molecule has 1 unspecified atom stereocenters. The zero-order chi connectivity index (χ0) is 10.3. The summed E-state index contributed by atoms with van der Waals surface area (Å²) in [6.45, 7) is 6.48. The lowest BCUT2D eigenvalue weighted by molar-refractivity contribution is 0.435. The average molecular weight is 182 g/mol. The first-order valence-electron chi connectivity index (χ1n) is 4.87. The largest absolute Gasteiger partial charge is 0.303 e. The standard InChI is InChI=1S/C11H22N2/c1-10(2)7-6-8-11(3)9-12-13(4)5/h7,9,11H,6,8H2,1-5H3/b12-9+. The molecule has 0 aliphatic carbocycles. The van der Waals surface area contributed by atoms with Crippen LogP contribution in [0.25, 0.3) is 0 Å². The summed E-state index contributed by atoms with van der Waals surface area (Å²) in [4.78, 5) is 0. The monoisotopic (exact) mass is 182 g/mol. The van der Waals surface area contributed by atoms with Gasteiger partial charge in [0.2, 0.25) is 0 Å². The fourth-order valence-electron chi connectivity index (χ4n) is 0.957. The molecule has 1 atom stereocenters. The Balaban J connectivity index is 3.63. The molecule has 0 saturated heterocycles. The molecular formula is C11H22N2. The second-order valence-corrected chi connectivity index (χ2v) is 3.95. The van der Waals surface area contributed by atoms with Crippen molar-refractivity contribution in [3.05, 3.63) is 11.6 Å². The lowest BCUT2D eigenvalue weighted by atomic mass is 10.1. The molecule has 0 aromatic heterocycles. The van der Waals surface area contributed by atoms with Crippen molar-refractivity contribution in [2.45, 2.75) is 33.6 Å². The third-order valence-corrected chi connectivity index (χ3v) is 1.73. The summed E-state index contributed by atoms with van der Waals surface area (Å²) in [6, 6.07) is 0. The number of hydrogen-bond acceptors (Lipinski definition) is 2. The zero-order valence-corrected chi connectivity index (χ0v) is 9.54. The maximum absolute atomic E-state index is 4.21. The van der Waals surface area contributed by atoms with E-state index in [0.29, 0.717) is 5.92 Å². The maximum Gasteiger partial charge on any atom is 0.0273 e. The van der Waals surface area contributed by atoms with Crippen LogP contribution in [0.15, 0.2) is 16.8 Å². The molecule has 0 spiro atoms. The summed E-state index contributed by atoms with van der Waals surface area (Å²) in [6.07, 6.45) is 6.63. The Morgan fingerprint density at radius 3 is 2.46 bits per heavy atom. The van der Waals surface area contributed by atoms with E-state index in [9.17, 15) is 0 Å². The van der Waals surface area contributed by atoms with E-state index in [1.54, 1.807) is 0 Å². The van der Waals surface area contributed by atoms with Crippen LogP contribution in [0, 0.1) is 5.92 Å². The van der Waals surface area contributed by atoms with E-state index in [0.717, 1.165) is 6.42 Å². The van der Waals surface area contributed by atoms with Gasteiger partial charge in [0.15, 0.2) is 0 Å². The maximum atomic E-state index is 4.21. The van der Waals surface area contributed by atoms with E-state index in [1.165, 1.54) is 12.0 Å².